The summed E-state index contributed by atoms with van der Waals surface area (Å²) < 4.78 is 11.1. The summed E-state index contributed by atoms with van der Waals surface area (Å²) in [6.07, 6.45) is 0. The number of nitrogens with zero attached hydrogens (tertiary/aromatic N) is 2. The number of ether oxygens (including phenoxy) is 2. The Morgan fingerprint density at radius 3 is 2.80 bits per heavy atom. The van der Waals surface area contributed by atoms with Crippen LogP contribution in [-0.4, -0.2) is 23.2 Å². The second-order valence-corrected chi connectivity index (χ2v) is 6.18. The third kappa shape index (κ3) is 4.26. The van der Waals surface area contributed by atoms with Crippen molar-refractivity contribution in [3.63, 3.8) is 0 Å². The minimum absolute atomic E-state index is 0.298. The molecule has 0 spiro atoms. The van der Waals surface area contributed by atoms with Crippen LogP contribution in [0.15, 0.2) is 48.0 Å². The predicted octanol–water partition coefficient (Wildman–Crippen LogP) is 4.03. The van der Waals surface area contributed by atoms with Gasteiger partial charge in [-0.25, -0.2) is 0 Å². The number of amides is 1. The van der Waals surface area contributed by atoms with Gasteiger partial charge in [0.25, 0.3) is 5.91 Å². The molecule has 6 nitrogen and oxygen atoms in total. The van der Waals surface area contributed by atoms with E-state index in [2.05, 4.69) is 15.5 Å². The normalized spacial score (nSPS) is 10.3. The van der Waals surface area contributed by atoms with E-state index in [0.29, 0.717) is 33.8 Å². The van der Waals surface area contributed by atoms with E-state index < -0.39 is 0 Å². The van der Waals surface area contributed by atoms with Crippen LogP contribution >= 0.6 is 22.9 Å². The highest BCUT2D eigenvalue weighted by molar-refractivity contribution is 7.13. The summed E-state index contributed by atoms with van der Waals surface area (Å²) in [5.41, 5.74) is 2.84. The molecule has 0 saturated carbocycles. The molecule has 0 aliphatic rings. The minimum atomic E-state index is -0.298. The number of hydrogen-bond acceptors (Lipinski definition) is 6. The van der Waals surface area contributed by atoms with Crippen molar-refractivity contribution in [1.82, 2.24) is 10.2 Å². The number of nitrogens with one attached hydrogen (secondary N) is 1. The molecule has 8 heteroatoms. The molecule has 0 fully saturated rings. The van der Waals surface area contributed by atoms with E-state index in [1.807, 2.05) is 18.2 Å². The second kappa shape index (κ2) is 7.96. The Labute approximate surface area is 153 Å². The quantitative estimate of drug-likeness (QED) is 0.704. The molecule has 0 aliphatic heterocycles. The average molecular weight is 376 g/mol. The Morgan fingerprint density at radius 1 is 1.24 bits per heavy atom. The molecule has 25 heavy (non-hydrogen) atoms. The van der Waals surface area contributed by atoms with Gasteiger partial charge >= 0.3 is 0 Å². The van der Waals surface area contributed by atoms with Crippen molar-refractivity contribution in [3.8, 4) is 11.5 Å². The Kier molecular flexibility index (Phi) is 5.47. The van der Waals surface area contributed by atoms with Crippen LogP contribution in [0.1, 0.15) is 15.9 Å². The lowest BCUT2D eigenvalue weighted by Gasteiger charge is -2.12. The maximum absolute atomic E-state index is 12.2. The van der Waals surface area contributed by atoms with Crippen molar-refractivity contribution in [2.75, 3.05) is 12.4 Å². The summed E-state index contributed by atoms with van der Waals surface area (Å²) in [5.74, 6) is 0.680. The summed E-state index contributed by atoms with van der Waals surface area (Å²) >= 11 is 7.37. The van der Waals surface area contributed by atoms with E-state index in [-0.39, 0.29) is 5.91 Å². The van der Waals surface area contributed by atoms with Gasteiger partial charge in [-0.2, -0.15) is 0 Å². The molecule has 128 valence electrons. The molecule has 1 N–H and O–H groups in total. The van der Waals surface area contributed by atoms with E-state index >= 15 is 0 Å². The third-order valence-corrected chi connectivity index (χ3v) is 4.32. The first-order valence-corrected chi connectivity index (χ1v) is 8.55. The summed E-state index contributed by atoms with van der Waals surface area (Å²) in [7, 11) is 1.52. The molecule has 1 aromatic heterocycles. The zero-order chi connectivity index (χ0) is 17.6. The fourth-order valence-corrected chi connectivity index (χ4v) is 2.73. The van der Waals surface area contributed by atoms with E-state index in [4.69, 9.17) is 21.1 Å². The van der Waals surface area contributed by atoms with Gasteiger partial charge in [0.2, 0.25) is 5.13 Å². The number of rotatable bonds is 6. The number of anilines is 1. The van der Waals surface area contributed by atoms with Crippen molar-refractivity contribution < 1.29 is 14.3 Å². The zero-order valence-corrected chi connectivity index (χ0v) is 14.8. The first-order chi connectivity index (χ1) is 12.2. The van der Waals surface area contributed by atoms with E-state index in [1.165, 1.54) is 18.4 Å². The lowest BCUT2D eigenvalue weighted by molar-refractivity contribution is 0.102. The van der Waals surface area contributed by atoms with E-state index in [0.717, 1.165) is 5.56 Å². The molecule has 1 amide bonds. The molecule has 2 aromatic carbocycles. The first kappa shape index (κ1) is 17.2. The maximum atomic E-state index is 12.2. The fourth-order valence-electron chi connectivity index (χ4n) is 2.10. The lowest BCUT2D eigenvalue weighted by atomic mass is 10.2. The first-order valence-electron chi connectivity index (χ1n) is 7.29. The van der Waals surface area contributed by atoms with Gasteiger partial charge in [0.1, 0.15) is 12.1 Å². The molecule has 0 unspecified atom stereocenters. The van der Waals surface area contributed by atoms with Gasteiger partial charge < -0.3 is 9.47 Å². The highest BCUT2D eigenvalue weighted by Gasteiger charge is 2.13. The van der Waals surface area contributed by atoms with Gasteiger partial charge in [0, 0.05) is 16.1 Å². The Hall–Kier alpha value is -2.64. The lowest BCUT2D eigenvalue weighted by Crippen LogP contribution is -2.12. The highest BCUT2D eigenvalue weighted by Crippen LogP contribution is 2.30. The van der Waals surface area contributed by atoms with Gasteiger partial charge in [-0.15, -0.1) is 10.2 Å². The molecular formula is C17H14ClN3O3S. The van der Waals surface area contributed by atoms with Crippen LogP contribution in [-0.2, 0) is 6.61 Å². The van der Waals surface area contributed by atoms with Crippen molar-refractivity contribution in [1.29, 1.82) is 0 Å². The number of halogens is 1. The van der Waals surface area contributed by atoms with Crippen LogP contribution < -0.4 is 14.8 Å². The summed E-state index contributed by atoms with van der Waals surface area (Å²) in [5, 5.41) is 11.2. The molecule has 3 rings (SSSR count). The van der Waals surface area contributed by atoms with E-state index in [1.54, 1.807) is 29.8 Å². The smallest absolute Gasteiger partial charge is 0.257 e. The topological polar surface area (TPSA) is 73.3 Å². The Bertz CT molecular complexity index is 871. The molecule has 0 atom stereocenters. The minimum Gasteiger partial charge on any atom is -0.493 e. The molecule has 1 heterocycles. The summed E-state index contributed by atoms with van der Waals surface area (Å²) in [4.78, 5) is 12.2. The Balaban J connectivity index is 1.73. The summed E-state index contributed by atoms with van der Waals surface area (Å²) in [6, 6.07) is 12.4. The monoisotopic (exact) mass is 375 g/mol. The SMILES string of the molecule is COc1cc(C(=O)Nc2nncs2)ccc1OCc1ccccc1Cl. The number of aromatic nitrogens is 2. The van der Waals surface area contributed by atoms with Crippen molar-refractivity contribution in [3.05, 3.63) is 64.1 Å². The number of carbonyl (C=O) groups excluding carboxylic acids is 1. The molecule has 3 aromatic rings. The number of benzene rings is 2. The number of carbonyl (C=O) groups is 1. The predicted molar refractivity (Wildman–Crippen MR) is 96.6 cm³/mol. The summed E-state index contributed by atoms with van der Waals surface area (Å²) in [6.45, 7) is 0.298. The van der Waals surface area contributed by atoms with Crippen LogP contribution in [0, 0.1) is 0 Å². The van der Waals surface area contributed by atoms with Gasteiger partial charge in [-0.3, -0.25) is 10.1 Å². The molecule has 0 saturated heterocycles. The van der Waals surface area contributed by atoms with Crippen molar-refractivity contribution in [2.45, 2.75) is 6.61 Å². The number of methoxy groups -OCH3 is 1. The molecular weight excluding hydrogens is 362 g/mol. The average Bonchev–Trinajstić information content (AvgIpc) is 3.14. The molecule has 0 bridgehead atoms. The van der Waals surface area contributed by atoms with Crippen LogP contribution in [0.2, 0.25) is 5.02 Å². The van der Waals surface area contributed by atoms with Gasteiger partial charge in [-0.1, -0.05) is 41.1 Å². The standard InChI is InChI=1S/C17H14ClN3O3S/c1-23-15-8-11(16(22)20-17-21-19-10-25-17)6-7-14(15)24-9-12-4-2-3-5-13(12)18/h2-8,10H,9H2,1H3,(H,20,21,22). The van der Waals surface area contributed by atoms with Gasteiger partial charge in [0.15, 0.2) is 11.5 Å². The van der Waals surface area contributed by atoms with E-state index in [9.17, 15) is 4.79 Å². The van der Waals surface area contributed by atoms with Crippen LogP contribution in [0.5, 0.6) is 11.5 Å². The van der Waals surface area contributed by atoms with Crippen LogP contribution in [0.4, 0.5) is 5.13 Å². The fraction of sp³-hybridized carbons (Fsp3) is 0.118. The van der Waals surface area contributed by atoms with Gasteiger partial charge in [0.05, 0.1) is 7.11 Å². The molecule has 0 radical (unpaired) electrons. The van der Waals surface area contributed by atoms with Crippen LogP contribution in [0.3, 0.4) is 0 Å². The third-order valence-electron chi connectivity index (χ3n) is 3.35. The van der Waals surface area contributed by atoms with Crippen molar-refractivity contribution in [2.24, 2.45) is 0 Å². The largest absolute Gasteiger partial charge is 0.493 e. The second-order valence-electron chi connectivity index (χ2n) is 4.94. The highest BCUT2D eigenvalue weighted by atomic mass is 35.5. The number of hydrogen-bond donors (Lipinski definition) is 1. The zero-order valence-electron chi connectivity index (χ0n) is 13.2. The molecule has 0 aliphatic carbocycles. The van der Waals surface area contributed by atoms with Crippen molar-refractivity contribution >= 4 is 34.0 Å². The van der Waals surface area contributed by atoms with Crippen LogP contribution in [0.25, 0.3) is 0 Å². The Morgan fingerprint density at radius 2 is 2.08 bits per heavy atom. The van der Waals surface area contributed by atoms with Gasteiger partial charge in [-0.05, 0) is 24.3 Å². The maximum Gasteiger partial charge on any atom is 0.257 e.